The van der Waals surface area contributed by atoms with Crippen LogP contribution in [0.15, 0.2) is 0 Å². The molecule has 0 saturated heterocycles. The fraction of sp³-hybridized carbons (Fsp3) is 0.583. The van der Waals surface area contributed by atoms with E-state index in [1.807, 2.05) is 27.7 Å². The van der Waals surface area contributed by atoms with Gasteiger partial charge in [-0.05, 0) is 37.8 Å². The van der Waals surface area contributed by atoms with E-state index in [-0.39, 0.29) is 11.7 Å². The van der Waals surface area contributed by atoms with Gasteiger partial charge in [0.2, 0.25) is 0 Å². The maximum absolute atomic E-state index is 9.74. The molecule has 3 N–H and O–H groups in total. The van der Waals surface area contributed by atoms with Gasteiger partial charge in [-0.15, -0.1) is 0 Å². The van der Waals surface area contributed by atoms with Crippen LogP contribution in [-0.2, 0) is 0 Å². The first-order chi connectivity index (χ1) is 7.34. The van der Waals surface area contributed by atoms with Gasteiger partial charge in [0.05, 0.1) is 5.69 Å². The van der Waals surface area contributed by atoms with Gasteiger partial charge in [-0.3, -0.25) is 0 Å². The summed E-state index contributed by atoms with van der Waals surface area (Å²) in [7, 11) is 0. The van der Waals surface area contributed by atoms with Gasteiger partial charge < -0.3 is 15.5 Å². The average molecular weight is 224 g/mol. The lowest BCUT2D eigenvalue weighted by Gasteiger charge is -2.20. The van der Waals surface area contributed by atoms with Gasteiger partial charge in [0.25, 0.3) is 0 Å². The number of rotatable bonds is 3. The van der Waals surface area contributed by atoms with E-state index in [0.29, 0.717) is 11.5 Å². The summed E-state index contributed by atoms with van der Waals surface area (Å²) in [6.07, 6.45) is -0.630. The molecule has 0 spiro atoms. The Kier molecular flexibility index (Phi) is 3.75. The van der Waals surface area contributed by atoms with E-state index in [9.17, 15) is 10.2 Å². The Balaban J connectivity index is 3.06. The fourth-order valence-corrected chi connectivity index (χ4v) is 1.38. The number of aliphatic hydroxyl groups is 1. The van der Waals surface area contributed by atoms with Crippen molar-refractivity contribution in [2.45, 2.75) is 40.8 Å². The second-order valence-corrected chi connectivity index (χ2v) is 4.48. The molecule has 1 atom stereocenters. The number of pyridine rings is 1. The summed E-state index contributed by atoms with van der Waals surface area (Å²) in [5, 5.41) is 22.4. The maximum Gasteiger partial charge on any atom is 0.140 e. The molecule has 1 rings (SSSR count). The van der Waals surface area contributed by atoms with Crippen LogP contribution >= 0.6 is 0 Å². The number of aromatic nitrogens is 1. The summed E-state index contributed by atoms with van der Waals surface area (Å²) < 4.78 is 0. The van der Waals surface area contributed by atoms with Crippen molar-refractivity contribution in [2.24, 2.45) is 5.92 Å². The quantitative estimate of drug-likeness (QED) is 0.688. The molecular formula is C12H20N2O2. The van der Waals surface area contributed by atoms with Crippen LogP contribution in [0, 0.1) is 26.7 Å². The lowest BCUT2D eigenvalue weighted by molar-refractivity contribution is 0.152. The smallest absolute Gasteiger partial charge is 0.140 e. The molecule has 1 unspecified atom stereocenters. The molecule has 1 aromatic rings. The minimum atomic E-state index is -0.630. The average Bonchev–Trinajstić information content (AvgIpc) is 2.22. The Bertz CT molecular complexity index is 389. The molecule has 0 aliphatic carbocycles. The van der Waals surface area contributed by atoms with Crippen molar-refractivity contribution in [1.82, 2.24) is 4.98 Å². The van der Waals surface area contributed by atoms with Crippen molar-refractivity contribution in [3.05, 3.63) is 16.8 Å². The van der Waals surface area contributed by atoms with Gasteiger partial charge in [-0.25, -0.2) is 4.98 Å². The zero-order valence-electron chi connectivity index (χ0n) is 10.5. The van der Waals surface area contributed by atoms with E-state index in [2.05, 4.69) is 10.3 Å². The molecule has 0 aliphatic rings. The zero-order valence-corrected chi connectivity index (χ0v) is 10.5. The molecule has 0 saturated carbocycles. The molecule has 0 aliphatic heterocycles. The number of nitrogens with zero attached hydrogens (tertiary/aromatic N) is 1. The molecule has 1 aromatic heterocycles. The minimum absolute atomic E-state index is 0.107. The van der Waals surface area contributed by atoms with Crippen molar-refractivity contribution in [3.63, 3.8) is 0 Å². The Morgan fingerprint density at radius 3 is 2.19 bits per heavy atom. The normalized spacial score (nSPS) is 12.9. The highest BCUT2D eigenvalue weighted by molar-refractivity contribution is 5.54. The molecule has 90 valence electrons. The summed E-state index contributed by atoms with van der Waals surface area (Å²) in [6, 6.07) is 0. The Morgan fingerprint density at radius 2 is 1.69 bits per heavy atom. The molecule has 16 heavy (non-hydrogen) atoms. The minimum Gasteiger partial charge on any atom is -0.506 e. The number of anilines is 1. The monoisotopic (exact) mass is 224 g/mol. The highest BCUT2D eigenvalue weighted by Gasteiger charge is 2.15. The molecule has 1 heterocycles. The Hall–Kier alpha value is -1.29. The summed E-state index contributed by atoms with van der Waals surface area (Å²) in [4.78, 5) is 4.23. The van der Waals surface area contributed by atoms with Crippen LogP contribution in [0.25, 0.3) is 0 Å². The summed E-state index contributed by atoms with van der Waals surface area (Å²) in [5.41, 5.74) is 2.23. The second kappa shape index (κ2) is 4.70. The molecule has 4 nitrogen and oxygen atoms in total. The molecular weight excluding hydrogens is 204 g/mol. The summed E-state index contributed by atoms with van der Waals surface area (Å²) >= 11 is 0. The maximum atomic E-state index is 9.74. The van der Waals surface area contributed by atoms with E-state index in [1.54, 1.807) is 6.92 Å². The van der Waals surface area contributed by atoms with Gasteiger partial charge in [0, 0.05) is 0 Å². The largest absolute Gasteiger partial charge is 0.506 e. The number of aryl methyl sites for hydroxylation is 1. The predicted molar refractivity (Wildman–Crippen MR) is 64.6 cm³/mol. The molecule has 0 bridgehead atoms. The topological polar surface area (TPSA) is 65.4 Å². The molecule has 0 radical (unpaired) electrons. The highest BCUT2D eigenvalue weighted by atomic mass is 16.3. The summed E-state index contributed by atoms with van der Waals surface area (Å²) in [6.45, 7) is 9.30. The number of hydrogen-bond acceptors (Lipinski definition) is 4. The molecule has 0 amide bonds. The predicted octanol–water partition coefficient (Wildman–Crippen LogP) is 2.10. The van der Waals surface area contributed by atoms with Crippen molar-refractivity contribution in [1.29, 1.82) is 0 Å². The van der Waals surface area contributed by atoms with E-state index in [4.69, 9.17) is 0 Å². The SMILES string of the molecule is Cc1nc(NC(O)C(C)C)c(C)c(C)c1O. The molecule has 4 heteroatoms. The first-order valence-electron chi connectivity index (χ1n) is 5.46. The third-order valence-electron chi connectivity index (χ3n) is 2.81. The van der Waals surface area contributed by atoms with Crippen molar-refractivity contribution < 1.29 is 10.2 Å². The highest BCUT2D eigenvalue weighted by Crippen LogP contribution is 2.28. The fourth-order valence-electron chi connectivity index (χ4n) is 1.38. The number of hydrogen-bond donors (Lipinski definition) is 3. The standard InChI is InChI=1S/C12H20N2O2/c1-6(2)12(16)14-11-8(4)7(3)10(15)9(5)13-11/h6,12,15-16H,1-5H3,(H,13,14). The van der Waals surface area contributed by atoms with Gasteiger partial charge >= 0.3 is 0 Å². The van der Waals surface area contributed by atoms with Crippen molar-refractivity contribution >= 4 is 5.82 Å². The van der Waals surface area contributed by atoms with Crippen LogP contribution in [0.2, 0.25) is 0 Å². The number of aliphatic hydroxyl groups excluding tert-OH is 1. The lowest BCUT2D eigenvalue weighted by Crippen LogP contribution is -2.26. The van der Waals surface area contributed by atoms with E-state index < -0.39 is 6.23 Å². The Morgan fingerprint density at radius 1 is 1.12 bits per heavy atom. The van der Waals surface area contributed by atoms with Crippen LogP contribution in [0.4, 0.5) is 5.82 Å². The third kappa shape index (κ3) is 2.44. The molecule has 0 fully saturated rings. The van der Waals surface area contributed by atoms with E-state index >= 15 is 0 Å². The van der Waals surface area contributed by atoms with Crippen molar-refractivity contribution in [3.8, 4) is 5.75 Å². The first kappa shape index (κ1) is 12.8. The zero-order chi connectivity index (χ0) is 12.5. The van der Waals surface area contributed by atoms with Crippen LogP contribution < -0.4 is 5.32 Å². The van der Waals surface area contributed by atoms with E-state index in [0.717, 1.165) is 11.1 Å². The first-order valence-corrected chi connectivity index (χ1v) is 5.46. The second-order valence-electron chi connectivity index (χ2n) is 4.48. The van der Waals surface area contributed by atoms with Gasteiger partial charge in [0.1, 0.15) is 17.8 Å². The van der Waals surface area contributed by atoms with Crippen LogP contribution in [0.3, 0.4) is 0 Å². The Labute approximate surface area is 96.3 Å². The van der Waals surface area contributed by atoms with Crippen molar-refractivity contribution in [2.75, 3.05) is 5.32 Å². The number of aromatic hydroxyl groups is 1. The van der Waals surface area contributed by atoms with Gasteiger partial charge in [0.15, 0.2) is 0 Å². The van der Waals surface area contributed by atoms with Crippen LogP contribution in [0.1, 0.15) is 30.7 Å². The van der Waals surface area contributed by atoms with Gasteiger partial charge in [-0.1, -0.05) is 13.8 Å². The summed E-state index contributed by atoms with van der Waals surface area (Å²) in [5.74, 6) is 0.965. The van der Waals surface area contributed by atoms with Gasteiger partial charge in [-0.2, -0.15) is 0 Å². The van der Waals surface area contributed by atoms with Crippen LogP contribution in [-0.4, -0.2) is 21.4 Å². The molecule has 0 aromatic carbocycles. The van der Waals surface area contributed by atoms with Crippen LogP contribution in [0.5, 0.6) is 5.75 Å². The van der Waals surface area contributed by atoms with E-state index in [1.165, 1.54) is 0 Å². The lowest BCUT2D eigenvalue weighted by atomic mass is 10.1. The number of nitrogens with one attached hydrogen (secondary N) is 1. The third-order valence-corrected chi connectivity index (χ3v) is 2.81.